The molecule has 0 aliphatic carbocycles. The number of fused-ring (bicyclic) bond motifs is 1. The van der Waals surface area contributed by atoms with E-state index in [2.05, 4.69) is 39.8 Å². The predicted octanol–water partition coefficient (Wildman–Crippen LogP) is 3.57. The van der Waals surface area contributed by atoms with Crippen molar-refractivity contribution < 1.29 is 4.79 Å². The number of benzene rings is 2. The first kappa shape index (κ1) is 15.4. The van der Waals surface area contributed by atoms with Crippen molar-refractivity contribution in [2.75, 3.05) is 29.9 Å². The first-order valence-corrected chi connectivity index (χ1v) is 8.17. The Morgan fingerprint density at radius 1 is 1.17 bits per heavy atom. The third-order valence-electron chi connectivity index (χ3n) is 4.15. The molecule has 2 N–H and O–H groups in total. The average molecular weight is 309 g/mol. The van der Waals surface area contributed by atoms with Gasteiger partial charge in [0.2, 0.25) is 0 Å². The van der Waals surface area contributed by atoms with Crippen LogP contribution in [0.3, 0.4) is 0 Å². The molecule has 2 aromatic rings. The Balaban J connectivity index is 1.49. The maximum absolute atomic E-state index is 12.0. The third-order valence-corrected chi connectivity index (χ3v) is 4.15. The van der Waals surface area contributed by atoms with Crippen LogP contribution in [0, 0.1) is 6.92 Å². The van der Waals surface area contributed by atoms with Gasteiger partial charge in [0, 0.05) is 31.0 Å². The van der Waals surface area contributed by atoms with Gasteiger partial charge in [0.05, 0.1) is 0 Å². The van der Waals surface area contributed by atoms with Gasteiger partial charge >= 0.3 is 6.03 Å². The number of nitrogens with one attached hydrogen (secondary N) is 2. The van der Waals surface area contributed by atoms with Crippen LogP contribution in [0.25, 0.3) is 0 Å². The van der Waals surface area contributed by atoms with E-state index in [0.29, 0.717) is 6.54 Å². The van der Waals surface area contributed by atoms with E-state index in [1.54, 1.807) is 0 Å². The number of para-hydroxylation sites is 1. The average Bonchev–Trinajstić information content (AvgIpc) is 2.55. The van der Waals surface area contributed by atoms with Crippen molar-refractivity contribution >= 4 is 17.4 Å². The SMILES string of the molecule is Cc1cccc(NC(=O)NCCN2CCCc3ccccc32)c1. The van der Waals surface area contributed by atoms with Crippen LogP contribution in [0.1, 0.15) is 17.5 Å². The van der Waals surface area contributed by atoms with E-state index >= 15 is 0 Å². The summed E-state index contributed by atoms with van der Waals surface area (Å²) in [5, 5.41) is 5.81. The van der Waals surface area contributed by atoms with Gasteiger partial charge in [-0.3, -0.25) is 0 Å². The molecule has 0 saturated carbocycles. The van der Waals surface area contributed by atoms with Crippen LogP contribution in [0.5, 0.6) is 0 Å². The predicted molar refractivity (Wildman–Crippen MR) is 95.2 cm³/mol. The Hall–Kier alpha value is -2.49. The Morgan fingerprint density at radius 3 is 2.91 bits per heavy atom. The zero-order valence-electron chi connectivity index (χ0n) is 13.5. The molecule has 1 aliphatic heterocycles. The smallest absolute Gasteiger partial charge is 0.319 e. The third kappa shape index (κ3) is 4.03. The Bertz CT molecular complexity index is 684. The summed E-state index contributed by atoms with van der Waals surface area (Å²) >= 11 is 0. The molecule has 4 heteroatoms. The zero-order valence-corrected chi connectivity index (χ0v) is 13.5. The van der Waals surface area contributed by atoms with Crippen molar-refractivity contribution in [1.29, 1.82) is 0 Å². The van der Waals surface area contributed by atoms with Gasteiger partial charge in [-0.1, -0.05) is 30.3 Å². The Morgan fingerprint density at radius 2 is 2.04 bits per heavy atom. The lowest BCUT2D eigenvalue weighted by Gasteiger charge is -2.31. The van der Waals surface area contributed by atoms with Crippen molar-refractivity contribution in [2.24, 2.45) is 0 Å². The van der Waals surface area contributed by atoms with Gasteiger partial charge in [-0.2, -0.15) is 0 Å². The van der Waals surface area contributed by atoms with Crippen LogP contribution < -0.4 is 15.5 Å². The van der Waals surface area contributed by atoms with Gasteiger partial charge in [-0.25, -0.2) is 4.79 Å². The first-order chi connectivity index (χ1) is 11.2. The molecule has 0 saturated heterocycles. The highest BCUT2D eigenvalue weighted by Gasteiger charge is 2.15. The number of carbonyl (C=O) groups excluding carboxylic acids is 1. The Kier molecular flexibility index (Phi) is 4.81. The van der Waals surface area contributed by atoms with E-state index in [0.717, 1.165) is 30.8 Å². The number of amides is 2. The lowest BCUT2D eigenvalue weighted by Crippen LogP contribution is -2.39. The Labute approximate surface area is 137 Å². The van der Waals surface area contributed by atoms with Crippen LogP contribution >= 0.6 is 0 Å². The fraction of sp³-hybridized carbons (Fsp3) is 0.316. The second-order valence-electron chi connectivity index (χ2n) is 5.97. The number of urea groups is 1. The van der Waals surface area contributed by atoms with Crippen LogP contribution in [0.15, 0.2) is 48.5 Å². The topological polar surface area (TPSA) is 44.4 Å². The van der Waals surface area contributed by atoms with Crippen molar-refractivity contribution in [1.82, 2.24) is 5.32 Å². The molecule has 120 valence electrons. The number of aryl methyl sites for hydroxylation is 2. The molecule has 0 fully saturated rings. The monoisotopic (exact) mass is 309 g/mol. The van der Waals surface area contributed by atoms with E-state index in [-0.39, 0.29) is 6.03 Å². The molecule has 2 aromatic carbocycles. The molecule has 3 rings (SSSR count). The maximum atomic E-state index is 12.0. The lowest BCUT2D eigenvalue weighted by atomic mass is 10.0. The van der Waals surface area contributed by atoms with Gasteiger partial charge in [-0.15, -0.1) is 0 Å². The van der Waals surface area contributed by atoms with Crippen LogP contribution in [0.4, 0.5) is 16.2 Å². The molecular formula is C19H23N3O. The van der Waals surface area contributed by atoms with E-state index in [1.165, 1.54) is 17.7 Å². The fourth-order valence-electron chi connectivity index (χ4n) is 3.05. The molecule has 0 spiro atoms. The standard InChI is InChI=1S/C19H23N3O/c1-15-6-4-9-17(14-15)21-19(23)20-11-13-22-12-5-8-16-7-2-3-10-18(16)22/h2-4,6-7,9-10,14H,5,8,11-13H2,1H3,(H2,20,21,23). The minimum atomic E-state index is -0.152. The van der Waals surface area contributed by atoms with Gasteiger partial charge < -0.3 is 15.5 Å². The van der Waals surface area contributed by atoms with Crippen molar-refractivity contribution in [3.05, 3.63) is 59.7 Å². The van der Waals surface area contributed by atoms with Crippen LogP contribution in [-0.2, 0) is 6.42 Å². The van der Waals surface area contributed by atoms with Crippen LogP contribution in [-0.4, -0.2) is 25.7 Å². The van der Waals surface area contributed by atoms with Crippen molar-refractivity contribution in [3.63, 3.8) is 0 Å². The van der Waals surface area contributed by atoms with Crippen molar-refractivity contribution in [2.45, 2.75) is 19.8 Å². The molecule has 23 heavy (non-hydrogen) atoms. The maximum Gasteiger partial charge on any atom is 0.319 e. The molecule has 2 amide bonds. The summed E-state index contributed by atoms with van der Waals surface area (Å²) in [7, 11) is 0. The molecule has 0 aromatic heterocycles. The molecular weight excluding hydrogens is 286 g/mol. The zero-order chi connectivity index (χ0) is 16.1. The molecule has 4 nitrogen and oxygen atoms in total. The number of anilines is 2. The second kappa shape index (κ2) is 7.18. The summed E-state index contributed by atoms with van der Waals surface area (Å²) < 4.78 is 0. The highest BCUT2D eigenvalue weighted by Crippen LogP contribution is 2.25. The van der Waals surface area contributed by atoms with E-state index in [4.69, 9.17) is 0 Å². The molecule has 0 bridgehead atoms. The summed E-state index contributed by atoms with van der Waals surface area (Å²) in [6, 6.07) is 16.2. The van der Waals surface area contributed by atoms with Gasteiger partial charge in [0.1, 0.15) is 0 Å². The highest BCUT2D eigenvalue weighted by molar-refractivity contribution is 5.89. The van der Waals surface area contributed by atoms with E-state index < -0.39 is 0 Å². The number of hydrogen-bond donors (Lipinski definition) is 2. The minimum Gasteiger partial charge on any atom is -0.370 e. The molecule has 1 aliphatic rings. The normalized spacial score (nSPS) is 13.3. The summed E-state index contributed by atoms with van der Waals surface area (Å²) in [6.07, 6.45) is 2.32. The first-order valence-electron chi connectivity index (χ1n) is 8.17. The molecule has 0 atom stereocenters. The van der Waals surface area contributed by atoms with Crippen LogP contribution in [0.2, 0.25) is 0 Å². The summed E-state index contributed by atoms with van der Waals surface area (Å²) in [4.78, 5) is 14.3. The number of hydrogen-bond acceptors (Lipinski definition) is 2. The second-order valence-corrected chi connectivity index (χ2v) is 5.97. The molecule has 0 unspecified atom stereocenters. The van der Waals surface area contributed by atoms with Gasteiger partial charge in [0.25, 0.3) is 0 Å². The minimum absolute atomic E-state index is 0.152. The van der Waals surface area contributed by atoms with Gasteiger partial charge in [0.15, 0.2) is 0 Å². The van der Waals surface area contributed by atoms with E-state index in [9.17, 15) is 4.79 Å². The summed E-state index contributed by atoms with van der Waals surface area (Å²) in [5.74, 6) is 0. The quantitative estimate of drug-likeness (QED) is 0.907. The highest BCUT2D eigenvalue weighted by atomic mass is 16.2. The van der Waals surface area contributed by atoms with E-state index in [1.807, 2.05) is 31.2 Å². The summed E-state index contributed by atoms with van der Waals surface area (Å²) in [6.45, 7) is 4.53. The van der Waals surface area contributed by atoms with Gasteiger partial charge in [-0.05, 0) is 49.1 Å². The molecule has 1 heterocycles. The number of nitrogens with zero attached hydrogens (tertiary/aromatic N) is 1. The fourth-order valence-corrected chi connectivity index (χ4v) is 3.05. The molecule has 0 radical (unpaired) electrons. The summed E-state index contributed by atoms with van der Waals surface area (Å²) in [5.41, 5.74) is 4.67. The lowest BCUT2D eigenvalue weighted by molar-refractivity contribution is 0.252. The largest absolute Gasteiger partial charge is 0.370 e. The number of carbonyl (C=O) groups is 1. The van der Waals surface area contributed by atoms with Crippen molar-refractivity contribution in [3.8, 4) is 0 Å². The number of rotatable bonds is 4.